The molecule has 0 spiro atoms. The topological polar surface area (TPSA) is 82.8 Å². The second-order valence-corrected chi connectivity index (χ2v) is 3.45. The van der Waals surface area contributed by atoms with E-state index in [9.17, 15) is 4.79 Å². The highest BCUT2D eigenvalue weighted by molar-refractivity contribution is 5.97. The zero-order valence-corrected chi connectivity index (χ0v) is 10.8. The number of ether oxygens (including phenoxy) is 3. The summed E-state index contributed by atoms with van der Waals surface area (Å²) >= 11 is 0. The molecule has 1 rings (SSSR count). The minimum absolute atomic E-state index is 0.266. The lowest BCUT2D eigenvalue weighted by Crippen LogP contribution is -2.29. The summed E-state index contributed by atoms with van der Waals surface area (Å²) in [5.74, 6) is 1.13. The number of rotatable bonds is 6. The number of methoxy groups -OCH3 is 3. The van der Waals surface area contributed by atoms with Crippen molar-refractivity contribution in [3.05, 3.63) is 17.7 Å². The Morgan fingerprint density at radius 1 is 1.11 bits per heavy atom. The lowest BCUT2D eigenvalue weighted by Gasteiger charge is -2.13. The molecule has 18 heavy (non-hydrogen) atoms. The molecular weight excluding hydrogens is 236 g/mol. The van der Waals surface area contributed by atoms with Gasteiger partial charge in [0.25, 0.3) is 5.91 Å². The summed E-state index contributed by atoms with van der Waals surface area (Å²) in [4.78, 5) is 11.9. The minimum atomic E-state index is -0.266. The molecule has 0 atom stereocenters. The van der Waals surface area contributed by atoms with Gasteiger partial charge in [0.1, 0.15) is 5.75 Å². The van der Waals surface area contributed by atoms with Crippen molar-refractivity contribution in [2.24, 2.45) is 5.73 Å². The Balaban J connectivity index is 3.12. The van der Waals surface area contributed by atoms with Crippen molar-refractivity contribution in [2.75, 3.05) is 34.4 Å². The average Bonchev–Trinajstić information content (AvgIpc) is 2.42. The highest BCUT2D eigenvalue weighted by Gasteiger charge is 2.17. The standard InChI is InChI=1S/C12H18N2O4/c1-16-9-7-11(18-3)10(17-2)6-8(9)12(15)14-5-4-13/h6-7H,4-5,13H2,1-3H3,(H,14,15). The first-order valence-electron chi connectivity index (χ1n) is 5.46. The minimum Gasteiger partial charge on any atom is -0.496 e. The van der Waals surface area contributed by atoms with E-state index in [2.05, 4.69) is 5.32 Å². The Bertz CT molecular complexity index is 421. The van der Waals surface area contributed by atoms with Gasteiger partial charge in [0.05, 0.1) is 26.9 Å². The fourth-order valence-electron chi connectivity index (χ4n) is 1.49. The van der Waals surface area contributed by atoms with E-state index in [0.29, 0.717) is 35.9 Å². The molecule has 3 N–H and O–H groups in total. The Kier molecular flexibility index (Phi) is 5.26. The number of hydrogen-bond donors (Lipinski definition) is 2. The molecule has 0 aliphatic rings. The van der Waals surface area contributed by atoms with E-state index in [-0.39, 0.29) is 5.91 Å². The number of hydrogen-bond acceptors (Lipinski definition) is 5. The fraction of sp³-hybridized carbons (Fsp3) is 0.417. The third kappa shape index (κ3) is 3.04. The molecule has 0 aromatic heterocycles. The molecule has 0 unspecified atom stereocenters. The number of carbonyl (C=O) groups excluding carboxylic acids is 1. The smallest absolute Gasteiger partial charge is 0.255 e. The Labute approximate surface area is 106 Å². The van der Waals surface area contributed by atoms with Crippen LogP contribution < -0.4 is 25.3 Å². The zero-order chi connectivity index (χ0) is 13.5. The second kappa shape index (κ2) is 6.70. The van der Waals surface area contributed by atoms with Crippen LogP contribution in [0.4, 0.5) is 0 Å². The third-order valence-electron chi connectivity index (χ3n) is 2.38. The summed E-state index contributed by atoms with van der Waals surface area (Å²) in [6.45, 7) is 0.775. The van der Waals surface area contributed by atoms with Crippen LogP contribution in [0.5, 0.6) is 17.2 Å². The highest BCUT2D eigenvalue weighted by atomic mass is 16.5. The van der Waals surface area contributed by atoms with Crippen LogP contribution in [-0.4, -0.2) is 40.3 Å². The van der Waals surface area contributed by atoms with E-state index >= 15 is 0 Å². The first-order valence-corrected chi connectivity index (χ1v) is 5.46. The van der Waals surface area contributed by atoms with Gasteiger partial charge in [-0.15, -0.1) is 0 Å². The molecule has 1 aromatic carbocycles. The molecule has 0 saturated heterocycles. The van der Waals surface area contributed by atoms with Gasteiger partial charge in [-0.2, -0.15) is 0 Å². The van der Waals surface area contributed by atoms with Crippen LogP contribution in [0.2, 0.25) is 0 Å². The van der Waals surface area contributed by atoms with E-state index in [1.54, 1.807) is 12.1 Å². The normalized spacial score (nSPS) is 9.78. The predicted octanol–water partition coefficient (Wildman–Crippen LogP) is 0.401. The van der Waals surface area contributed by atoms with Gasteiger partial charge in [0, 0.05) is 25.2 Å². The summed E-state index contributed by atoms with van der Waals surface area (Å²) < 4.78 is 15.4. The summed E-state index contributed by atoms with van der Waals surface area (Å²) in [7, 11) is 4.51. The number of nitrogens with two attached hydrogens (primary N) is 1. The predicted molar refractivity (Wildman–Crippen MR) is 67.5 cm³/mol. The van der Waals surface area contributed by atoms with Crippen LogP contribution in [0, 0.1) is 0 Å². The highest BCUT2D eigenvalue weighted by Crippen LogP contribution is 2.34. The molecule has 1 amide bonds. The largest absolute Gasteiger partial charge is 0.496 e. The number of benzene rings is 1. The molecule has 6 nitrogen and oxygen atoms in total. The molecule has 0 aliphatic heterocycles. The maximum absolute atomic E-state index is 11.9. The monoisotopic (exact) mass is 254 g/mol. The van der Waals surface area contributed by atoms with E-state index in [4.69, 9.17) is 19.9 Å². The molecular formula is C12H18N2O4. The zero-order valence-electron chi connectivity index (χ0n) is 10.8. The van der Waals surface area contributed by atoms with Gasteiger partial charge >= 0.3 is 0 Å². The maximum Gasteiger partial charge on any atom is 0.255 e. The maximum atomic E-state index is 11.9. The van der Waals surface area contributed by atoms with Gasteiger partial charge in [-0.3, -0.25) is 4.79 Å². The third-order valence-corrected chi connectivity index (χ3v) is 2.38. The van der Waals surface area contributed by atoms with Crippen molar-refractivity contribution < 1.29 is 19.0 Å². The summed E-state index contributed by atoms with van der Waals surface area (Å²) in [6.07, 6.45) is 0. The van der Waals surface area contributed by atoms with Crippen molar-refractivity contribution in [2.45, 2.75) is 0 Å². The van der Waals surface area contributed by atoms with Gasteiger partial charge in [-0.25, -0.2) is 0 Å². The fourth-order valence-corrected chi connectivity index (χ4v) is 1.49. The van der Waals surface area contributed by atoms with Crippen LogP contribution in [-0.2, 0) is 0 Å². The molecule has 0 saturated carbocycles. The Morgan fingerprint density at radius 2 is 1.67 bits per heavy atom. The SMILES string of the molecule is COc1cc(OC)c(C(=O)NCCN)cc1OC. The molecule has 0 radical (unpaired) electrons. The summed E-state index contributed by atoms with van der Waals surface area (Å²) in [6, 6.07) is 3.18. The molecule has 0 fully saturated rings. The first-order chi connectivity index (χ1) is 8.67. The van der Waals surface area contributed by atoms with Crippen LogP contribution in [0.25, 0.3) is 0 Å². The molecule has 0 bridgehead atoms. The van der Waals surface area contributed by atoms with Crippen LogP contribution in [0.1, 0.15) is 10.4 Å². The molecule has 6 heteroatoms. The van der Waals surface area contributed by atoms with Gasteiger partial charge in [-0.05, 0) is 0 Å². The van der Waals surface area contributed by atoms with Gasteiger partial charge < -0.3 is 25.3 Å². The number of carbonyl (C=O) groups is 1. The molecule has 0 aliphatic carbocycles. The van der Waals surface area contributed by atoms with Gasteiger partial charge in [0.15, 0.2) is 11.5 Å². The van der Waals surface area contributed by atoms with Crippen molar-refractivity contribution >= 4 is 5.91 Å². The Hall–Kier alpha value is -1.95. The lowest BCUT2D eigenvalue weighted by atomic mass is 10.1. The Morgan fingerprint density at radius 3 is 2.17 bits per heavy atom. The van der Waals surface area contributed by atoms with E-state index < -0.39 is 0 Å². The van der Waals surface area contributed by atoms with Crippen molar-refractivity contribution in [3.8, 4) is 17.2 Å². The van der Waals surface area contributed by atoms with Crippen LogP contribution >= 0.6 is 0 Å². The number of amides is 1. The number of nitrogens with one attached hydrogen (secondary N) is 1. The summed E-state index contributed by atoms with van der Waals surface area (Å²) in [5.41, 5.74) is 5.71. The van der Waals surface area contributed by atoms with Gasteiger partial charge in [0.2, 0.25) is 0 Å². The van der Waals surface area contributed by atoms with E-state index in [1.165, 1.54) is 21.3 Å². The van der Waals surface area contributed by atoms with Gasteiger partial charge in [-0.1, -0.05) is 0 Å². The first kappa shape index (κ1) is 14.1. The lowest BCUT2D eigenvalue weighted by molar-refractivity contribution is 0.0951. The van der Waals surface area contributed by atoms with Crippen LogP contribution in [0.15, 0.2) is 12.1 Å². The van der Waals surface area contributed by atoms with E-state index in [1.807, 2.05) is 0 Å². The van der Waals surface area contributed by atoms with Crippen molar-refractivity contribution in [1.29, 1.82) is 0 Å². The summed E-state index contributed by atoms with van der Waals surface area (Å²) in [5, 5.41) is 2.67. The average molecular weight is 254 g/mol. The van der Waals surface area contributed by atoms with E-state index in [0.717, 1.165) is 0 Å². The molecule has 1 aromatic rings. The van der Waals surface area contributed by atoms with Crippen molar-refractivity contribution in [1.82, 2.24) is 5.32 Å². The quantitative estimate of drug-likeness (QED) is 0.768. The molecule has 100 valence electrons. The second-order valence-electron chi connectivity index (χ2n) is 3.45. The van der Waals surface area contributed by atoms with Crippen LogP contribution in [0.3, 0.4) is 0 Å². The van der Waals surface area contributed by atoms with Crippen molar-refractivity contribution in [3.63, 3.8) is 0 Å². The molecule has 0 heterocycles.